The predicted octanol–water partition coefficient (Wildman–Crippen LogP) is 1.70. The number of benzene rings is 1. The van der Waals surface area contributed by atoms with Crippen LogP contribution in [0.3, 0.4) is 0 Å². The summed E-state index contributed by atoms with van der Waals surface area (Å²) in [6.45, 7) is 1.62. The van der Waals surface area contributed by atoms with Crippen LogP contribution in [0.5, 0.6) is 0 Å². The largest absolute Gasteiger partial charge is 0.274 e. The maximum absolute atomic E-state index is 13.3. The molecule has 0 spiro atoms. The third-order valence-corrected chi connectivity index (χ3v) is 2.94. The number of anilines is 1. The average Bonchev–Trinajstić information content (AvgIpc) is 2.47. The van der Waals surface area contributed by atoms with Crippen LogP contribution in [0.25, 0.3) is 0 Å². The molecular formula is C11H10FNO2S. The van der Waals surface area contributed by atoms with Crippen LogP contribution < -0.4 is 4.90 Å². The van der Waals surface area contributed by atoms with Crippen LogP contribution in [0.1, 0.15) is 12.0 Å². The minimum absolute atomic E-state index is 0.0669. The molecule has 1 fully saturated rings. The second-order valence-electron chi connectivity index (χ2n) is 3.72. The van der Waals surface area contributed by atoms with E-state index < -0.39 is 17.0 Å². The van der Waals surface area contributed by atoms with Crippen LogP contribution in [0.15, 0.2) is 18.2 Å². The van der Waals surface area contributed by atoms with Gasteiger partial charge >= 0.3 is 0 Å². The van der Waals surface area contributed by atoms with E-state index >= 15 is 0 Å². The Morgan fingerprint density at radius 2 is 2.12 bits per heavy atom. The molecule has 1 unspecified atom stereocenters. The number of halogens is 1. The molecule has 2 rings (SSSR count). The van der Waals surface area contributed by atoms with Gasteiger partial charge in [0.2, 0.25) is 11.8 Å². The highest BCUT2D eigenvalue weighted by Crippen LogP contribution is 2.26. The quantitative estimate of drug-likeness (QED) is 0.598. The van der Waals surface area contributed by atoms with Crippen LogP contribution in [0.2, 0.25) is 0 Å². The lowest BCUT2D eigenvalue weighted by Crippen LogP contribution is -2.30. The number of nitrogens with zero attached hydrogens (tertiary/aromatic N) is 1. The van der Waals surface area contributed by atoms with Gasteiger partial charge in [-0.25, -0.2) is 9.29 Å². The van der Waals surface area contributed by atoms with Crippen LogP contribution in [-0.4, -0.2) is 17.1 Å². The van der Waals surface area contributed by atoms with Crippen molar-refractivity contribution >= 4 is 30.1 Å². The van der Waals surface area contributed by atoms with E-state index in [1.54, 1.807) is 13.0 Å². The number of hydrogen-bond acceptors (Lipinski definition) is 3. The molecular weight excluding hydrogens is 229 g/mol. The molecule has 0 saturated carbocycles. The normalized spacial score (nSPS) is 20.7. The van der Waals surface area contributed by atoms with Crippen LogP contribution in [-0.2, 0) is 9.59 Å². The molecule has 2 amide bonds. The lowest BCUT2D eigenvalue weighted by molar-refractivity contribution is -0.121. The van der Waals surface area contributed by atoms with Crippen molar-refractivity contribution in [2.75, 3.05) is 4.90 Å². The lowest BCUT2D eigenvalue weighted by atomic mass is 10.2. The van der Waals surface area contributed by atoms with Gasteiger partial charge in [0, 0.05) is 6.42 Å². The van der Waals surface area contributed by atoms with Crippen molar-refractivity contribution in [2.24, 2.45) is 0 Å². The van der Waals surface area contributed by atoms with Crippen molar-refractivity contribution in [1.82, 2.24) is 0 Å². The van der Waals surface area contributed by atoms with Gasteiger partial charge in [0.25, 0.3) is 0 Å². The first-order chi connectivity index (χ1) is 7.50. The number of thiol groups is 1. The van der Waals surface area contributed by atoms with Crippen molar-refractivity contribution < 1.29 is 14.0 Å². The van der Waals surface area contributed by atoms with E-state index in [-0.39, 0.29) is 18.0 Å². The van der Waals surface area contributed by atoms with E-state index in [1.165, 1.54) is 12.1 Å². The molecule has 0 N–H and O–H groups in total. The summed E-state index contributed by atoms with van der Waals surface area (Å²) in [6.07, 6.45) is 0.0669. The Morgan fingerprint density at radius 3 is 2.62 bits per heavy atom. The highest BCUT2D eigenvalue weighted by atomic mass is 32.1. The molecule has 0 aromatic heterocycles. The molecule has 1 heterocycles. The van der Waals surface area contributed by atoms with Crippen LogP contribution in [0, 0.1) is 12.7 Å². The van der Waals surface area contributed by atoms with E-state index in [0.717, 1.165) is 4.90 Å². The number of imide groups is 1. The molecule has 1 atom stereocenters. The smallest absolute Gasteiger partial charge is 0.247 e. The van der Waals surface area contributed by atoms with Gasteiger partial charge in [-0.15, -0.1) is 0 Å². The summed E-state index contributed by atoms with van der Waals surface area (Å²) in [5, 5.41) is -0.614. The van der Waals surface area contributed by atoms with E-state index in [2.05, 4.69) is 12.6 Å². The number of amides is 2. The number of carbonyl (C=O) groups excluding carboxylic acids is 2. The molecule has 1 aliphatic rings. The highest BCUT2D eigenvalue weighted by Gasteiger charge is 2.37. The second kappa shape index (κ2) is 3.90. The number of hydrogen-bond donors (Lipinski definition) is 1. The van der Waals surface area contributed by atoms with Gasteiger partial charge in [-0.3, -0.25) is 9.59 Å². The molecule has 0 aliphatic carbocycles. The third-order valence-electron chi connectivity index (χ3n) is 2.54. The molecule has 16 heavy (non-hydrogen) atoms. The van der Waals surface area contributed by atoms with Gasteiger partial charge in [-0.1, -0.05) is 6.07 Å². The minimum Gasteiger partial charge on any atom is -0.274 e. The topological polar surface area (TPSA) is 37.4 Å². The van der Waals surface area contributed by atoms with E-state index in [0.29, 0.717) is 5.56 Å². The maximum atomic E-state index is 13.3. The maximum Gasteiger partial charge on any atom is 0.247 e. The van der Waals surface area contributed by atoms with E-state index in [9.17, 15) is 14.0 Å². The summed E-state index contributed by atoms with van der Waals surface area (Å²) in [5.74, 6) is -1.16. The van der Waals surface area contributed by atoms with Crippen LogP contribution in [0.4, 0.5) is 10.1 Å². The van der Waals surface area contributed by atoms with E-state index in [1.807, 2.05) is 0 Å². The Balaban J connectivity index is 2.41. The zero-order valence-corrected chi connectivity index (χ0v) is 9.50. The molecule has 1 aromatic carbocycles. The Labute approximate surface area is 97.7 Å². The van der Waals surface area contributed by atoms with Gasteiger partial charge in [0.15, 0.2) is 0 Å². The number of carbonyl (C=O) groups is 2. The van der Waals surface area contributed by atoms with Gasteiger partial charge < -0.3 is 0 Å². The SMILES string of the molecule is Cc1ccc(N2C(=O)CC(S)C2=O)cc1F. The fourth-order valence-corrected chi connectivity index (χ4v) is 1.88. The fourth-order valence-electron chi connectivity index (χ4n) is 1.61. The first kappa shape index (κ1) is 11.1. The fraction of sp³-hybridized carbons (Fsp3) is 0.273. The molecule has 1 aliphatic heterocycles. The Morgan fingerprint density at radius 1 is 1.44 bits per heavy atom. The highest BCUT2D eigenvalue weighted by molar-refractivity contribution is 7.82. The summed E-state index contributed by atoms with van der Waals surface area (Å²) in [7, 11) is 0. The summed E-state index contributed by atoms with van der Waals surface area (Å²) >= 11 is 4.00. The van der Waals surface area contributed by atoms with Gasteiger partial charge in [-0.05, 0) is 24.6 Å². The standard InChI is InChI=1S/C11H10FNO2S/c1-6-2-3-7(4-8(6)12)13-10(14)5-9(16)11(13)15/h2-4,9,16H,5H2,1H3. The van der Waals surface area contributed by atoms with Gasteiger partial charge in [0.05, 0.1) is 10.9 Å². The average molecular weight is 239 g/mol. The van der Waals surface area contributed by atoms with Crippen molar-refractivity contribution in [3.8, 4) is 0 Å². The molecule has 84 valence electrons. The van der Waals surface area contributed by atoms with Gasteiger partial charge in [-0.2, -0.15) is 12.6 Å². The first-order valence-corrected chi connectivity index (χ1v) is 5.33. The predicted molar refractivity (Wildman–Crippen MR) is 61.0 cm³/mol. The minimum atomic E-state index is -0.614. The van der Waals surface area contributed by atoms with Crippen molar-refractivity contribution in [3.05, 3.63) is 29.6 Å². The molecule has 1 saturated heterocycles. The van der Waals surface area contributed by atoms with E-state index in [4.69, 9.17) is 0 Å². The summed E-state index contributed by atoms with van der Waals surface area (Å²) in [6, 6.07) is 4.29. The second-order valence-corrected chi connectivity index (χ2v) is 4.34. The zero-order valence-electron chi connectivity index (χ0n) is 8.61. The van der Waals surface area contributed by atoms with Crippen LogP contribution >= 0.6 is 12.6 Å². The summed E-state index contributed by atoms with van der Waals surface area (Å²) in [4.78, 5) is 24.1. The van der Waals surface area contributed by atoms with Crippen molar-refractivity contribution in [2.45, 2.75) is 18.6 Å². The summed E-state index contributed by atoms with van der Waals surface area (Å²) < 4.78 is 13.3. The Bertz CT molecular complexity index is 475. The molecule has 5 heteroatoms. The molecule has 1 aromatic rings. The molecule has 0 radical (unpaired) electrons. The Kier molecular flexibility index (Phi) is 2.71. The third kappa shape index (κ3) is 1.71. The monoisotopic (exact) mass is 239 g/mol. The van der Waals surface area contributed by atoms with Crippen molar-refractivity contribution in [3.63, 3.8) is 0 Å². The molecule has 0 bridgehead atoms. The lowest BCUT2D eigenvalue weighted by Gasteiger charge is -2.14. The molecule has 3 nitrogen and oxygen atoms in total. The first-order valence-electron chi connectivity index (χ1n) is 4.81. The van der Waals surface area contributed by atoms with Gasteiger partial charge in [0.1, 0.15) is 5.82 Å². The Hall–Kier alpha value is -1.36. The summed E-state index contributed by atoms with van der Waals surface area (Å²) in [5.41, 5.74) is 0.750. The number of aryl methyl sites for hydroxylation is 1. The number of rotatable bonds is 1. The van der Waals surface area contributed by atoms with Crippen molar-refractivity contribution in [1.29, 1.82) is 0 Å². The zero-order chi connectivity index (χ0) is 11.9.